The van der Waals surface area contributed by atoms with Crippen molar-refractivity contribution in [1.29, 1.82) is 0 Å². The highest BCUT2D eigenvalue weighted by molar-refractivity contribution is 6.71. The zero-order valence-electron chi connectivity index (χ0n) is 13.2. The van der Waals surface area contributed by atoms with E-state index in [9.17, 15) is 0 Å². The zero-order valence-corrected chi connectivity index (χ0v) is 14.2. The second-order valence-corrected chi connectivity index (χ2v) is 8.41. The Labute approximate surface area is 134 Å². The van der Waals surface area contributed by atoms with Gasteiger partial charge in [-0.25, -0.2) is 0 Å². The average molecular weight is 312 g/mol. The van der Waals surface area contributed by atoms with E-state index < -0.39 is 8.56 Å². The summed E-state index contributed by atoms with van der Waals surface area (Å²) in [5.74, 6) is 0. The minimum absolute atomic E-state index is 0.671. The van der Waals surface area contributed by atoms with E-state index in [0.29, 0.717) is 13.2 Å². The van der Waals surface area contributed by atoms with Crippen LogP contribution in [-0.4, -0.2) is 21.8 Å². The first-order valence-electron chi connectivity index (χ1n) is 7.71. The molecule has 3 heteroatoms. The molecule has 0 saturated heterocycles. The fraction of sp³-hybridized carbons (Fsp3) is 0.263. The van der Waals surface area contributed by atoms with Crippen LogP contribution in [0.15, 0.2) is 72.9 Å². The molecule has 2 nitrogen and oxygen atoms in total. The lowest BCUT2D eigenvalue weighted by atomic mass is 10.2. The van der Waals surface area contributed by atoms with Crippen molar-refractivity contribution < 1.29 is 8.85 Å². The van der Waals surface area contributed by atoms with Crippen LogP contribution in [0.3, 0.4) is 0 Å². The second-order valence-electron chi connectivity index (χ2n) is 5.39. The summed E-state index contributed by atoms with van der Waals surface area (Å²) in [6, 6.07) is 20.7. The van der Waals surface area contributed by atoms with Gasteiger partial charge in [-0.2, -0.15) is 0 Å². The summed E-state index contributed by atoms with van der Waals surface area (Å²) in [6.07, 6.45) is 1.80. The molecule has 0 radical (unpaired) electrons. The molecule has 0 aliphatic carbocycles. The maximum absolute atomic E-state index is 6.02. The minimum Gasteiger partial charge on any atom is -0.391 e. The third-order valence-electron chi connectivity index (χ3n) is 3.62. The molecule has 0 aliphatic rings. The van der Waals surface area contributed by atoms with E-state index in [0.717, 1.165) is 12.8 Å². The number of rotatable bonds is 9. The Hall–Kier alpha value is -1.68. The van der Waals surface area contributed by atoms with Crippen LogP contribution in [0.25, 0.3) is 0 Å². The Morgan fingerprint density at radius 1 is 0.818 bits per heavy atom. The average Bonchev–Trinajstić information content (AvgIpc) is 2.57. The molecule has 0 aromatic heterocycles. The third kappa shape index (κ3) is 5.60. The van der Waals surface area contributed by atoms with E-state index in [-0.39, 0.29) is 0 Å². The molecule has 22 heavy (non-hydrogen) atoms. The molecule has 0 aliphatic heterocycles. The van der Waals surface area contributed by atoms with Gasteiger partial charge >= 0.3 is 8.56 Å². The fourth-order valence-corrected chi connectivity index (χ4v) is 3.53. The number of hydrogen-bond donors (Lipinski definition) is 0. The van der Waals surface area contributed by atoms with Gasteiger partial charge in [0.1, 0.15) is 0 Å². The molecule has 2 rings (SSSR count). The number of hydrogen-bond acceptors (Lipinski definition) is 2. The van der Waals surface area contributed by atoms with Gasteiger partial charge in [-0.15, -0.1) is 6.58 Å². The van der Waals surface area contributed by atoms with Gasteiger partial charge in [0.05, 0.1) is 0 Å². The van der Waals surface area contributed by atoms with E-state index in [2.05, 4.69) is 61.7 Å². The topological polar surface area (TPSA) is 18.5 Å². The highest BCUT2D eigenvalue weighted by Crippen LogP contribution is 2.11. The summed E-state index contributed by atoms with van der Waals surface area (Å²) >= 11 is 0. The third-order valence-corrected chi connectivity index (χ3v) is 5.91. The summed E-state index contributed by atoms with van der Waals surface area (Å²) in [5.41, 5.74) is 4.43. The Bertz CT molecular complexity index is 509. The highest BCUT2D eigenvalue weighted by atomic mass is 28.4. The predicted octanol–water partition coefficient (Wildman–Crippen LogP) is 4.30. The van der Waals surface area contributed by atoms with Crippen LogP contribution in [0, 0.1) is 0 Å². The molecule has 0 amide bonds. The Balaban J connectivity index is 1.75. The second kappa shape index (κ2) is 8.69. The van der Waals surface area contributed by atoms with Crippen molar-refractivity contribution >= 4 is 8.56 Å². The molecular formula is C19H24O2Si. The van der Waals surface area contributed by atoms with Crippen molar-refractivity contribution in [1.82, 2.24) is 0 Å². The van der Waals surface area contributed by atoms with Crippen LogP contribution in [0.1, 0.15) is 11.1 Å². The van der Waals surface area contributed by atoms with E-state index in [1.807, 2.05) is 17.8 Å². The van der Waals surface area contributed by atoms with Crippen molar-refractivity contribution in [2.24, 2.45) is 0 Å². The van der Waals surface area contributed by atoms with Gasteiger partial charge < -0.3 is 8.85 Å². The Kier molecular flexibility index (Phi) is 6.59. The molecule has 0 spiro atoms. The van der Waals surface area contributed by atoms with Crippen LogP contribution < -0.4 is 0 Å². The van der Waals surface area contributed by atoms with Crippen molar-refractivity contribution in [3.8, 4) is 0 Å². The van der Waals surface area contributed by atoms with Crippen LogP contribution in [0.4, 0.5) is 0 Å². The van der Waals surface area contributed by atoms with Gasteiger partial charge in [0.25, 0.3) is 0 Å². The number of benzene rings is 2. The lowest BCUT2D eigenvalue weighted by Gasteiger charge is -2.23. The first-order valence-corrected chi connectivity index (χ1v) is 10.1. The van der Waals surface area contributed by atoms with Gasteiger partial charge in [0, 0.05) is 13.2 Å². The monoisotopic (exact) mass is 312 g/mol. The van der Waals surface area contributed by atoms with Gasteiger partial charge in [-0.05, 0) is 36.2 Å². The first kappa shape index (κ1) is 16.7. The van der Waals surface area contributed by atoms with Crippen LogP contribution >= 0.6 is 0 Å². The quantitative estimate of drug-likeness (QED) is 0.643. The summed E-state index contributed by atoms with van der Waals surface area (Å²) in [4.78, 5) is 0. The minimum atomic E-state index is -2.27. The van der Waals surface area contributed by atoms with Crippen LogP contribution in [0.5, 0.6) is 0 Å². The molecule has 0 heterocycles. The lowest BCUT2D eigenvalue weighted by molar-refractivity contribution is 0.187. The first-order chi connectivity index (χ1) is 10.7. The summed E-state index contributed by atoms with van der Waals surface area (Å²) in [6.45, 7) is 7.29. The standard InChI is InChI=1S/C19H24O2Si/c1-3-22(2,20-16-14-18-10-6-4-7-11-18)21-17-15-19-12-8-5-9-13-19/h3-13H,1,14-17H2,2H3. The van der Waals surface area contributed by atoms with Crippen molar-refractivity contribution in [2.75, 3.05) is 13.2 Å². The van der Waals surface area contributed by atoms with E-state index >= 15 is 0 Å². The van der Waals surface area contributed by atoms with Crippen molar-refractivity contribution in [3.05, 3.63) is 84.1 Å². The Morgan fingerprint density at radius 2 is 1.23 bits per heavy atom. The SMILES string of the molecule is C=C[Si](C)(OCCc1ccccc1)OCCc1ccccc1. The fourth-order valence-electron chi connectivity index (χ4n) is 2.19. The maximum Gasteiger partial charge on any atom is 0.361 e. The summed E-state index contributed by atoms with van der Waals surface area (Å²) < 4.78 is 12.0. The molecular weight excluding hydrogens is 288 g/mol. The molecule has 116 valence electrons. The maximum atomic E-state index is 6.02. The van der Waals surface area contributed by atoms with Gasteiger partial charge in [-0.1, -0.05) is 60.7 Å². The van der Waals surface area contributed by atoms with Gasteiger partial charge in [-0.3, -0.25) is 0 Å². The summed E-state index contributed by atoms with van der Waals surface area (Å²) in [5, 5.41) is 0. The predicted molar refractivity (Wildman–Crippen MR) is 94.0 cm³/mol. The summed E-state index contributed by atoms with van der Waals surface area (Å²) in [7, 11) is -2.27. The van der Waals surface area contributed by atoms with Gasteiger partial charge in [0.2, 0.25) is 0 Å². The molecule has 0 atom stereocenters. The molecule has 0 saturated carbocycles. The molecule has 0 N–H and O–H groups in total. The Morgan fingerprint density at radius 3 is 1.59 bits per heavy atom. The molecule has 0 bridgehead atoms. The zero-order chi connectivity index (χ0) is 15.7. The van der Waals surface area contributed by atoms with Crippen molar-refractivity contribution in [2.45, 2.75) is 19.4 Å². The van der Waals surface area contributed by atoms with Crippen LogP contribution in [-0.2, 0) is 21.7 Å². The van der Waals surface area contributed by atoms with E-state index in [1.165, 1.54) is 11.1 Å². The largest absolute Gasteiger partial charge is 0.391 e. The van der Waals surface area contributed by atoms with Gasteiger partial charge in [0.15, 0.2) is 0 Å². The van der Waals surface area contributed by atoms with E-state index in [4.69, 9.17) is 8.85 Å². The van der Waals surface area contributed by atoms with Crippen molar-refractivity contribution in [3.63, 3.8) is 0 Å². The van der Waals surface area contributed by atoms with E-state index in [1.54, 1.807) is 0 Å². The normalized spacial score (nSPS) is 11.3. The molecule has 2 aromatic rings. The smallest absolute Gasteiger partial charge is 0.361 e. The molecule has 0 fully saturated rings. The van der Waals surface area contributed by atoms with Crippen LogP contribution in [0.2, 0.25) is 6.55 Å². The molecule has 0 unspecified atom stereocenters. The highest BCUT2D eigenvalue weighted by Gasteiger charge is 2.27. The molecule has 2 aromatic carbocycles. The lowest BCUT2D eigenvalue weighted by Crippen LogP contribution is -2.38.